The molecule has 1 fully saturated rings. The van der Waals surface area contributed by atoms with Gasteiger partial charge in [-0.05, 0) is 12.8 Å². The predicted molar refractivity (Wildman–Crippen MR) is 66.8 cm³/mol. The molecule has 1 heterocycles. The Morgan fingerprint density at radius 1 is 1.45 bits per heavy atom. The van der Waals surface area contributed by atoms with Crippen LogP contribution in [0.5, 0.6) is 0 Å². The highest BCUT2D eigenvalue weighted by Gasteiger charge is 2.38. The number of rotatable bonds is 6. The molecule has 1 aromatic heterocycles. The van der Waals surface area contributed by atoms with Crippen LogP contribution in [0.3, 0.4) is 0 Å². The zero-order chi connectivity index (χ0) is 15.0. The minimum absolute atomic E-state index is 0.0536. The molecule has 1 N–H and O–H groups in total. The number of nitrogens with one attached hydrogen (secondary N) is 1. The standard InChI is InChI=1S/C11H16F3N3O2S/c1-20(18,19)5-4-17-10(11(12,13)14)8(7-16-17)6-15-9-2-3-9/h7,9,15H,2-6H2,1H3. The first-order valence-corrected chi connectivity index (χ1v) is 8.26. The smallest absolute Gasteiger partial charge is 0.310 e. The van der Waals surface area contributed by atoms with Gasteiger partial charge in [-0.25, -0.2) is 8.42 Å². The van der Waals surface area contributed by atoms with E-state index in [0.717, 1.165) is 30.0 Å². The van der Waals surface area contributed by atoms with Crippen molar-refractivity contribution in [1.82, 2.24) is 15.1 Å². The molecule has 0 amide bonds. The monoisotopic (exact) mass is 311 g/mol. The average Bonchev–Trinajstić information content (AvgIpc) is 3.00. The normalized spacial score (nSPS) is 16.6. The lowest BCUT2D eigenvalue weighted by Crippen LogP contribution is -2.22. The highest BCUT2D eigenvalue weighted by molar-refractivity contribution is 7.90. The molecule has 0 unspecified atom stereocenters. The quantitative estimate of drug-likeness (QED) is 0.857. The van der Waals surface area contributed by atoms with Gasteiger partial charge in [-0.15, -0.1) is 0 Å². The van der Waals surface area contributed by atoms with Gasteiger partial charge in [0.25, 0.3) is 0 Å². The SMILES string of the molecule is CS(=O)(=O)CCn1ncc(CNC2CC2)c1C(F)(F)F. The van der Waals surface area contributed by atoms with Crippen molar-refractivity contribution in [2.24, 2.45) is 0 Å². The van der Waals surface area contributed by atoms with Gasteiger partial charge in [0.05, 0.1) is 18.5 Å². The van der Waals surface area contributed by atoms with E-state index in [-0.39, 0.29) is 30.4 Å². The van der Waals surface area contributed by atoms with E-state index < -0.39 is 21.7 Å². The van der Waals surface area contributed by atoms with Crippen molar-refractivity contribution < 1.29 is 21.6 Å². The molecular formula is C11H16F3N3O2S. The second-order valence-electron chi connectivity index (χ2n) is 5.02. The summed E-state index contributed by atoms with van der Waals surface area (Å²) in [5.74, 6) is -0.368. The molecule has 0 saturated heterocycles. The van der Waals surface area contributed by atoms with E-state index in [0.29, 0.717) is 0 Å². The molecule has 20 heavy (non-hydrogen) atoms. The Labute approximate surface area is 115 Å². The first-order chi connectivity index (χ1) is 9.17. The van der Waals surface area contributed by atoms with E-state index in [1.54, 1.807) is 0 Å². The maximum atomic E-state index is 13.1. The Kier molecular flexibility index (Phi) is 4.10. The van der Waals surface area contributed by atoms with Crippen molar-refractivity contribution in [2.75, 3.05) is 12.0 Å². The van der Waals surface area contributed by atoms with E-state index >= 15 is 0 Å². The van der Waals surface area contributed by atoms with Gasteiger partial charge in [-0.3, -0.25) is 4.68 Å². The average molecular weight is 311 g/mol. The summed E-state index contributed by atoms with van der Waals surface area (Å²) in [5, 5.41) is 6.68. The van der Waals surface area contributed by atoms with Gasteiger partial charge in [-0.1, -0.05) is 0 Å². The molecule has 2 rings (SSSR count). The second kappa shape index (κ2) is 5.36. The molecule has 1 aromatic rings. The summed E-state index contributed by atoms with van der Waals surface area (Å²) < 4.78 is 62.0. The lowest BCUT2D eigenvalue weighted by atomic mass is 10.2. The maximum absolute atomic E-state index is 13.1. The lowest BCUT2D eigenvalue weighted by Gasteiger charge is -2.12. The van der Waals surface area contributed by atoms with Crippen LogP contribution in [0.25, 0.3) is 0 Å². The summed E-state index contributed by atoms with van der Waals surface area (Å²) >= 11 is 0. The number of hydrogen-bond donors (Lipinski definition) is 1. The molecule has 5 nitrogen and oxygen atoms in total. The van der Waals surface area contributed by atoms with E-state index in [2.05, 4.69) is 10.4 Å². The Morgan fingerprint density at radius 2 is 2.10 bits per heavy atom. The summed E-state index contributed by atoms with van der Waals surface area (Å²) in [6.07, 6.45) is -0.457. The van der Waals surface area contributed by atoms with E-state index in [9.17, 15) is 21.6 Å². The largest absolute Gasteiger partial charge is 0.433 e. The first-order valence-electron chi connectivity index (χ1n) is 6.20. The third-order valence-electron chi connectivity index (χ3n) is 3.02. The molecule has 0 aromatic carbocycles. The number of nitrogens with zero attached hydrogens (tertiary/aromatic N) is 2. The molecule has 0 aliphatic heterocycles. The number of hydrogen-bond acceptors (Lipinski definition) is 4. The van der Waals surface area contributed by atoms with E-state index in [4.69, 9.17) is 0 Å². The topological polar surface area (TPSA) is 64.0 Å². The minimum Gasteiger partial charge on any atom is -0.310 e. The third kappa shape index (κ3) is 4.20. The minimum atomic E-state index is -4.55. The van der Waals surface area contributed by atoms with Crippen LogP contribution in [0.4, 0.5) is 13.2 Å². The van der Waals surface area contributed by atoms with Gasteiger partial charge in [0, 0.05) is 24.4 Å². The fourth-order valence-electron chi connectivity index (χ4n) is 1.85. The predicted octanol–water partition coefficient (Wildman–Crippen LogP) is 1.20. The van der Waals surface area contributed by atoms with Crippen molar-refractivity contribution in [2.45, 2.75) is 38.1 Å². The third-order valence-corrected chi connectivity index (χ3v) is 3.94. The lowest BCUT2D eigenvalue weighted by molar-refractivity contribution is -0.144. The van der Waals surface area contributed by atoms with Crippen LogP contribution in [0.2, 0.25) is 0 Å². The van der Waals surface area contributed by atoms with Crippen LogP contribution in [0.1, 0.15) is 24.1 Å². The zero-order valence-corrected chi connectivity index (χ0v) is 11.8. The summed E-state index contributed by atoms with van der Waals surface area (Å²) in [4.78, 5) is 0. The zero-order valence-electron chi connectivity index (χ0n) is 10.9. The van der Waals surface area contributed by atoms with Crippen LogP contribution < -0.4 is 5.32 Å². The molecule has 114 valence electrons. The summed E-state index contributed by atoms with van der Waals surface area (Å²) in [6.45, 7) is -0.199. The Morgan fingerprint density at radius 3 is 2.60 bits per heavy atom. The highest BCUT2D eigenvalue weighted by atomic mass is 32.2. The Hall–Kier alpha value is -1.09. The molecule has 0 radical (unpaired) electrons. The number of alkyl halides is 3. The van der Waals surface area contributed by atoms with E-state index in [1.165, 1.54) is 0 Å². The fraction of sp³-hybridized carbons (Fsp3) is 0.727. The van der Waals surface area contributed by atoms with Crippen LogP contribution in [-0.2, 0) is 29.1 Å². The van der Waals surface area contributed by atoms with Crippen molar-refractivity contribution in [3.05, 3.63) is 17.5 Å². The Bertz CT molecular complexity index is 576. The number of aryl methyl sites for hydroxylation is 1. The molecule has 1 aliphatic rings. The van der Waals surface area contributed by atoms with Gasteiger partial charge in [-0.2, -0.15) is 18.3 Å². The Balaban J connectivity index is 2.17. The first kappa shape index (κ1) is 15.3. The fourth-order valence-corrected chi connectivity index (χ4v) is 2.35. The molecule has 1 aliphatic carbocycles. The van der Waals surface area contributed by atoms with Gasteiger partial charge >= 0.3 is 6.18 Å². The summed E-state index contributed by atoms with van der Waals surface area (Å²) in [5.41, 5.74) is -0.813. The van der Waals surface area contributed by atoms with Crippen LogP contribution in [0.15, 0.2) is 6.20 Å². The summed E-state index contributed by atoms with van der Waals surface area (Å²) in [7, 11) is -3.33. The van der Waals surface area contributed by atoms with Gasteiger partial charge in [0.2, 0.25) is 0 Å². The molecular weight excluding hydrogens is 295 g/mol. The summed E-state index contributed by atoms with van der Waals surface area (Å²) in [6, 6.07) is 0.287. The second-order valence-corrected chi connectivity index (χ2v) is 7.28. The number of sulfone groups is 1. The van der Waals surface area contributed by atoms with Gasteiger partial charge in [0.1, 0.15) is 15.5 Å². The maximum Gasteiger partial charge on any atom is 0.433 e. The van der Waals surface area contributed by atoms with Crippen LogP contribution in [-0.4, -0.2) is 36.2 Å². The number of halogens is 3. The molecule has 0 spiro atoms. The molecule has 0 bridgehead atoms. The van der Waals surface area contributed by atoms with E-state index in [1.807, 2.05) is 0 Å². The van der Waals surface area contributed by atoms with Gasteiger partial charge in [0.15, 0.2) is 0 Å². The molecule has 1 saturated carbocycles. The molecule has 0 atom stereocenters. The van der Waals surface area contributed by atoms with Crippen molar-refractivity contribution in [1.29, 1.82) is 0 Å². The number of aromatic nitrogens is 2. The highest BCUT2D eigenvalue weighted by Crippen LogP contribution is 2.32. The molecule has 9 heteroatoms. The van der Waals surface area contributed by atoms with Gasteiger partial charge < -0.3 is 5.32 Å². The van der Waals surface area contributed by atoms with Crippen LogP contribution in [0, 0.1) is 0 Å². The van der Waals surface area contributed by atoms with Crippen molar-refractivity contribution in [3.8, 4) is 0 Å². The van der Waals surface area contributed by atoms with Crippen molar-refractivity contribution in [3.63, 3.8) is 0 Å². The van der Waals surface area contributed by atoms with Crippen molar-refractivity contribution >= 4 is 9.84 Å². The van der Waals surface area contributed by atoms with Crippen LogP contribution >= 0.6 is 0 Å².